The lowest BCUT2D eigenvalue weighted by molar-refractivity contribution is -0.0629. The second-order valence-electron chi connectivity index (χ2n) is 9.25. The Balaban J connectivity index is 1.43. The van der Waals surface area contributed by atoms with Crippen LogP contribution in [0.4, 0.5) is 10.2 Å². The Kier molecular flexibility index (Phi) is 6.67. The van der Waals surface area contributed by atoms with E-state index in [9.17, 15) is 19.7 Å². The van der Waals surface area contributed by atoms with E-state index in [1.54, 1.807) is 19.1 Å². The fourth-order valence-electron chi connectivity index (χ4n) is 4.60. The summed E-state index contributed by atoms with van der Waals surface area (Å²) in [6.45, 7) is 0.527. The minimum Gasteiger partial charge on any atom is -0.394 e. The molecule has 0 amide bonds. The third-order valence-electron chi connectivity index (χ3n) is 6.69. The van der Waals surface area contributed by atoms with Gasteiger partial charge in [-0.15, -0.1) is 5.10 Å². The number of hydrogen-bond acceptors (Lipinski definition) is 10. The Morgan fingerprint density at radius 3 is 2.86 bits per heavy atom. The number of ether oxygens (including phenoxy) is 1. The second kappa shape index (κ2) is 10.5. The molecular weight excluding hydrogens is 487 g/mol. The van der Waals surface area contributed by atoms with Crippen molar-refractivity contribution in [1.29, 1.82) is 0 Å². The van der Waals surface area contributed by atoms with Crippen LogP contribution in [-0.2, 0) is 4.74 Å². The molecule has 2 fully saturated rings. The highest BCUT2D eigenvalue weighted by Gasteiger charge is 2.45. The third-order valence-corrected chi connectivity index (χ3v) is 7.74. The lowest BCUT2D eigenvalue weighted by atomic mass is 10.1. The number of aliphatic hydroxyl groups is 3. The van der Waals surface area contributed by atoms with E-state index in [1.165, 1.54) is 16.4 Å². The minimum absolute atomic E-state index is 0.0294. The topological polar surface area (TPSA) is 138 Å². The lowest BCUT2D eigenvalue weighted by Crippen LogP contribution is -2.33. The van der Waals surface area contributed by atoms with Crippen molar-refractivity contribution in [3.63, 3.8) is 0 Å². The molecule has 3 aromatic rings. The zero-order valence-electron chi connectivity index (χ0n) is 22.0. The molecule has 10 nitrogen and oxygen atoms in total. The molecule has 0 saturated heterocycles. The molecule has 0 aliphatic heterocycles. The molecule has 194 valence electrons. The average Bonchev–Trinajstić information content (AvgIpc) is 3.44. The molecule has 2 aromatic heterocycles. The van der Waals surface area contributed by atoms with E-state index in [0.717, 1.165) is 24.2 Å². The summed E-state index contributed by atoms with van der Waals surface area (Å²) < 4.78 is 36.1. The highest BCUT2D eigenvalue weighted by Crippen LogP contribution is 2.44. The van der Waals surface area contributed by atoms with Crippen molar-refractivity contribution in [2.45, 2.75) is 74.6 Å². The molecule has 0 spiro atoms. The number of fused-ring (bicyclic) bond motifs is 1. The molecule has 12 heteroatoms. The maximum Gasteiger partial charge on any atom is 0.191 e. The van der Waals surface area contributed by atoms with E-state index in [0.29, 0.717) is 27.7 Å². The number of aromatic nitrogens is 5. The van der Waals surface area contributed by atoms with Crippen LogP contribution >= 0.6 is 11.8 Å². The fraction of sp³-hybridized carbons (Fsp3) is 0.583. The summed E-state index contributed by atoms with van der Waals surface area (Å²) in [6.07, 6.45) is -2.02. The van der Waals surface area contributed by atoms with Crippen LogP contribution in [0.1, 0.15) is 52.0 Å². The zero-order valence-corrected chi connectivity index (χ0v) is 20.8. The number of halogens is 1. The Morgan fingerprint density at radius 1 is 1.28 bits per heavy atom. The van der Waals surface area contributed by atoms with E-state index < -0.39 is 37.5 Å². The molecule has 0 unspecified atom stereocenters. The van der Waals surface area contributed by atoms with Crippen molar-refractivity contribution in [3.05, 3.63) is 35.1 Å². The maximum absolute atomic E-state index is 14.1. The summed E-state index contributed by atoms with van der Waals surface area (Å²) in [5, 5.41) is 42.9. The summed E-state index contributed by atoms with van der Waals surface area (Å²) in [4.78, 5) is 9.30. The number of aryl methyl sites for hydroxylation is 1. The summed E-state index contributed by atoms with van der Waals surface area (Å²) in [6, 6.07) is 4.52. The van der Waals surface area contributed by atoms with Gasteiger partial charge in [0.15, 0.2) is 22.1 Å². The number of thioether (sulfide) groups is 1. The fourth-order valence-corrected chi connectivity index (χ4v) is 5.29. The van der Waals surface area contributed by atoms with Gasteiger partial charge in [-0.25, -0.2) is 19.0 Å². The van der Waals surface area contributed by atoms with Gasteiger partial charge in [0.1, 0.15) is 18.0 Å². The summed E-state index contributed by atoms with van der Waals surface area (Å²) in [5.41, 5.74) is 2.27. The van der Waals surface area contributed by atoms with Crippen LogP contribution < -0.4 is 5.32 Å². The van der Waals surface area contributed by atoms with Crippen molar-refractivity contribution in [1.82, 2.24) is 25.0 Å². The molecule has 2 heterocycles. The summed E-state index contributed by atoms with van der Waals surface area (Å²) in [5.74, 6) is 1.17. The van der Waals surface area contributed by atoms with Gasteiger partial charge in [-0.2, -0.15) is 0 Å². The number of rotatable bonds is 10. The molecule has 1 aromatic carbocycles. The van der Waals surface area contributed by atoms with E-state index in [4.69, 9.17) is 7.48 Å². The molecule has 4 N–H and O–H groups in total. The lowest BCUT2D eigenvalue weighted by Gasteiger charge is -2.17. The third kappa shape index (κ3) is 4.92. The van der Waals surface area contributed by atoms with Crippen molar-refractivity contribution < 1.29 is 27.2 Å². The van der Waals surface area contributed by atoms with E-state index in [1.807, 2.05) is 13.0 Å². The van der Waals surface area contributed by atoms with Gasteiger partial charge in [-0.05, 0) is 37.0 Å². The monoisotopic (exact) mass is 520 g/mol. The van der Waals surface area contributed by atoms with Crippen LogP contribution in [0.25, 0.3) is 11.2 Å². The first kappa shape index (κ1) is 22.8. The first-order chi connectivity index (χ1) is 18.1. The molecule has 6 atom stereocenters. The standard InChI is InChI=1S/C24H31FN6O4S/c1-3-8-36-24-27-22(26-16-10-14(16)13-5-4-12(2)15(25)9-13)19-23(28-24)31(30-29-19)17-11-18(35-7-6-32)21(34)20(17)33/h4-5,9,14,16-18,20-21,32-34H,3,6-8,10-11H2,1-2H3,(H,26,27,28)/t14-,16+,17+,18-,20-,21+/m0/s1/i7D2. The van der Waals surface area contributed by atoms with E-state index in [2.05, 4.69) is 25.6 Å². The van der Waals surface area contributed by atoms with Gasteiger partial charge in [-0.1, -0.05) is 36.0 Å². The number of hydrogen-bond donors (Lipinski definition) is 4. The normalized spacial score (nSPS) is 28.8. The number of nitrogens with one attached hydrogen (secondary N) is 1. The summed E-state index contributed by atoms with van der Waals surface area (Å²) in [7, 11) is 0. The van der Waals surface area contributed by atoms with Gasteiger partial charge in [0.05, 0.1) is 28.1 Å². The van der Waals surface area contributed by atoms with Crippen LogP contribution in [-0.4, -0.2) is 83.6 Å². The van der Waals surface area contributed by atoms with Gasteiger partial charge < -0.3 is 25.4 Å². The minimum atomic E-state index is -2.37. The van der Waals surface area contributed by atoms with Crippen LogP contribution in [0.3, 0.4) is 0 Å². The Morgan fingerprint density at radius 2 is 2.11 bits per heavy atom. The average molecular weight is 521 g/mol. The predicted octanol–water partition coefficient (Wildman–Crippen LogP) is 2.18. The number of anilines is 1. The molecule has 0 bridgehead atoms. The van der Waals surface area contributed by atoms with Crippen molar-refractivity contribution in [2.75, 3.05) is 24.2 Å². The number of benzene rings is 1. The Hall–Kier alpha value is -2.38. The molecule has 36 heavy (non-hydrogen) atoms. The molecular formula is C24H31FN6O4S. The van der Waals surface area contributed by atoms with Crippen LogP contribution in [0.15, 0.2) is 23.4 Å². The quantitative estimate of drug-likeness (QED) is 0.232. The van der Waals surface area contributed by atoms with Crippen molar-refractivity contribution in [2.24, 2.45) is 0 Å². The van der Waals surface area contributed by atoms with Gasteiger partial charge in [0.2, 0.25) is 0 Å². The SMILES string of the molecule is [2H]C([2H])(CO)O[C@H]1C[C@@H](n2nnc3c(N[C@@H]4C[C@H]4c4ccc(C)c(F)c4)nc(SCCC)nc32)[C@H](O)[C@@H]1O. The first-order valence-electron chi connectivity index (χ1n) is 13.0. The smallest absolute Gasteiger partial charge is 0.191 e. The maximum atomic E-state index is 14.1. The van der Waals surface area contributed by atoms with Crippen molar-refractivity contribution in [3.8, 4) is 0 Å². The summed E-state index contributed by atoms with van der Waals surface area (Å²) >= 11 is 1.47. The second-order valence-corrected chi connectivity index (χ2v) is 10.3. The highest BCUT2D eigenvalue weighted by atomic mass is 32.2. The van der Waals surface area contributed by atoms with Crippen LogP contribution in [0.5, 0.6) is 0 Å². The number of nitrogens with zero attached hydrogens (tertiary/aromatic N) is 5. The Labute approximate surface area is 215 Å². The molecule has 2 aliphatic rings. The number of aliphatic hydroxyl groups excluding tert-OH is 3. The van der Waals surface area contributed by atoms with Gasteiger partial charge in [-0.3, -0.25) is 0 Å². The molecule has 2 saturated carbocycles. The predicted molar refractivity (Wildman–Crippen MR) is 133 cm³/mol. The molecule has 2 aliphatic carbocycles. The van der Waals surface area contributed by atoms with Crippen LogP contribution in [0.2, 0.25) is 0 Å². The van der Waals surface area contributed by atoms with E-state index in [-0.39, 0.29) is 24.2 Å². The zero-order chi connectivity index (χ0) is 27.2. The highest BCUT2D eigenvalue weighted by molar-refractivity contribution is 7.99. The van der Waals surface area contributed by atoms with E-state index >= 15 is 0 Å². The first-order valence-corrected chi connectivity index (χ1v) is 13.0. The molecule has 0 radical (unpaired) electrons. The van der Waals surface area contributed by atoms with Crippen molar-refractivity contribution >= 4 is 28.7 Å². The van der Waals surface area contributed by atoms with Gasteiger partial charge >= 0.3 is 0 Å². The van der Waals surface area contributed by atoms with Gasteiger partial charge in [0, 0.05) is 24.1 Å². The Bertz CT molecular complexity index is 1320. The van der Waals surface area contributed by atoms with Gasteiger partial charge in [0.25, 0.3) is 0 Å². The van der Waals surface area contributed by atoms with Crippen LogP contribution in [0, 0.1) is 12.7 Å². The largest absolute Gasteiger partial charge is 0.394 e. The molecule has 5 rings (SSSR count).